The summed E-state index contributed by atoms with van der Waals surface area (Å²) < 4.78 is 5.26. The molecule has 0 bridgehead atoms. The Balaban J connectivity index is 2.43. The van der Waals surface area contributed by atoms with Crippen molar-refractivity contribution in [2.24, 2.45) is 0 Å². The lowest BCUT2D eigenvalue weighted by Gasteiger charge is -2.13. The van der Waals surface area contributed by atoms with Crippen LogP contribution < -0.4 is 0 Å². The van der Waals surface area contributed by atoms with Crippen molar-refractivity contribution in [2.45, 2.75) is 13.3 Å². The summed E-state index contributed by atoms with van der Waals surface area (Å²) in [6.45, 7) is 2.29. The van der Waals surface area contributed by atoms with Gasteiger partial charge >= 0.3 is 0 Å². The first-order chi connectivity index (χ1) is 8.00. The molecule has 3 nitrogen and oxygen atoms in total. The average molecular weight is 251 g/mol. The van der Waals surface area contributed by atoms with Gasteiger partial charge < -0.3 is 9.64 Å². The fraction of sp³-hybridized carbons (Fsp3) is 0.385. The quantitative estimate of drug-likeness (QED) is 0.607. The predicted molar refractivity (Wildman–Crippen MR) is 72.4 cm³/mol. The van der Waals surface area contributed by atoms with E-state index < -0.39 is 0 Å². The summed E-state index contributed by atoms with van der Waals surface area (Å²) in [6, 6.07) is 7.55. The minimum Gasteiger partial charge on any atom is -0.470 e. The van der Waals surface area contributed by atoms with Gasteiger partial charge in [0.25, 0.3) is 5.17 Å². The number of rotatable bonds is 4. The van der Waals surface area contributed by atoms with Crippen molar-refractivity contribution < 1.29 is 9.53 Å². The van der Waals surface area contributed by atoms with E-state index >= 15 is 0 Å². The predicted octanol–water partition coefficient (Wildman–Crippen LogP) is 2.43. The van der Waals surface area contributed by atoms with Gasteiger partial charge in [0, 0.05) is 26.1 Å². The van der Waals surface area contributed by atoms with Gasteiger partial charge in [0.2, 0.25) is 0 Å². The van der Waals surface area contributed by atoms with Crippen molar-refractivity contribution in [2.75, 3.05) is 20.7 Å². The standard InChI is InChI=1S/C13H17NO2S/c1-10-5-4-6-11(9-10)12(15)7-8-16-13(17)14(2)3/h4-6,9H,7-8H2,1-3H3. The molecular weight excluding hydrogens is 234 g/mol. The summed E-state index contributed by atoms with van der Waals surface area (Å²) in [6.07, 6.45) is 0.345. The van der Waals surface area contributed by atoms with Gasteiger partial charge in [-0.25, -0.2) is 0 Å². The third-order valence-corrected chi connectivity index (χ3v) is 2.74. The lowest BCUT2D eigenvalue weighted by Crippen LogP contribution is -2.23. The van der Waals surface area contributed by atoms with E-state index in [0.717, 1.165) is 11.1 Å². The Morgan fingerprint density at radius 3 is 2.71 bits per heavy atom. The third-order valence-electron chi connectivity index (χ3n) is 2.26. The molecule has 1 aromatic carbocycles. The van der Waals surface area contributed by atoms with Crippen LogP contribution in [0.3, 0.4) is 0 Å². The number of ketones is 1. The Morgan fingerprint density at radius 1 is 1.41 bits per heavy atom. The van der Waals surface area contributed by atoms with Gasteiger partial charge in [-0.05, 0) is 25.2 Å². The zero-order valence-electron chi connectivity index (χ0n) is 10.4. The maximum absolute atomic E-state index is 11.8. The minimum atomic E-state index is 0.0789. The molecule has 92 valence electrons. The second-order valence-corrected chi connectivity index (χ2v) is 4.40. The summed E-state index contributed by atoms with van der Waals surface area (Å²) in [4.78, 5) is 13.5. The van der Waals surface area contributed by atoms with Gasteiger partial charge in [0.05, 0.1) is 6.61 Å². The van der Waals surface area contributed by atoms with E-state index in [9.17, 15) is 4.79 Å². The lowest BCUT2D eigenvalue weighted by atomic mass is 10.1. The summed E-state index contributed by atoms with van der Waals surface area (Å²) in [5.41, 5.74) is 1.81. The highest BCUT2D eigenvalue weighted by Gasteiger charge is 2.07. The Bertz CT molecular complexity index is 416. The van der Waals surface area contributed by atoms with Gasteiger partial charge in [0.1, 0.15) is 0 Å². The summed E-state index contributed by atoms with van der Waals surface area (Å²) in [7, 11) is 3.62. The molecule has 0 N–H and O–H groups in total. The average Bonchev–Trinajstić information content (AvgIpc) is 2.28. The highest BCUT2D eigenvalue weighted by atomic mass is 32.1. The lowest BCUT2D eigenvalue weighted by molar-refractivity contribution is 0.0956. The van der Waals surface area contributed by atoms with Crippen LogP contribution in [0.25, 0.3) is 0 Å². The van der Waals surface area contributed by atoms with Crippen LogP contribution in [-0.4, -0.2) is 36.6 Å². The second kappa shape index (κ2) is 6.35. The van der Waals surface area contributed by atoms with Crippen molar-refractivity contribution in [3.05, 3.63) is 35.4 Å². The molecule has 0 saturated heterocycles. The summed E-state index contributed by atoms with van der Waals surface area (Å²) >= 11 is 4.96. The van der Waals surface area contributed by atoms with Crippen LogP contribution in [0.2, 0.25) is 0 Å². The number of ether oxygens (including phenoxy) is 1. The van der Waals surface area contributed by atoms with Gasteiger partial charge in [0.15, 0.2) is 5.78 Å². The molecule has 1 aromatic rings. The van der Waals surface area contributed by atoms with Crippen LogP contribution in [0.1, 0.15) is 22.3 Å². The molecule has 0 aliphatic rings. The minimum absolute atomic E-state index is 0.0789. The number of hydrogen-bond donors (Lipinski definition) is 0. The zero-order valence-corrected chi connectivity index (χ0v) is 11.2. The van der Waals surface area contributed by atoms with Crippen LogP contribution in [0.4, 0.5) is 0 Å². The van der Waals surface area contributed by atoms with Crippen LogP contribution in [-0.2, 0) is 4.74 Å². The number of hydrogen-bond acceptors (Lipinski definition) is 3. The number of aryl methyl sites for hydroxylation is 1. The molecule has 17 heavy (non-hydrogen) atoms. The van der Waals surface area contributed by atoms with Crippen LogP contribution in [0.5, 0.6) is 0 Å². The smallest absolute Gasteiger partial charge is 0.258 e. The maximum Gasteiger partial charge on any atom is 0.258 e. The first-order valence-electron chi connectivity index (χ1n) is 5.44. The van der Waals surface area contributed by atoms with Gasteiger partial charge in [-0.3, -0.25) is 4.79 Å². The molecule has 0 aromatic heterocycles. The van der Waals surface area contributed by atoms with Crippen molar-refractivity contribution >= 4 is 23.2 Å². The molecule has 0 heterocycles. The van der Waals surface area contributed by atoms with Crippen molar-refractivity contribution in [3.8, 4) is 0 Å². The number of Topliss-reactive ketones (excluding diaryl/α,β-unsaturated/α-hetero) is 1. The Kier molecular flexibility index (Phi) is 5.10. The zero-order chi connectivity index (χ0) is 12.8. The molecule has 0 radical (unpaired) electrons. The van der Waals surface area contributed by atoms with Crippen LogP contribution in [0.15, 0.2) is 24.3 Å². The topological polar surface area (TPSA) is 29.5 Å². The normalized spacial score (nSPS) is 9.82. The largest absolute Gasteiger partial charge is 0.470 e. The van der Waals surface area contributed by atoms with E-state index in [1.165, 1.54) is 0 Å². The molecule has 0 fully saturated rings. The number of thiocarbonyl (C=S) groups is 1. The highest BCUT2D eigenvalue weighted by Crippen LogP contribution is 2.07. The molecule has 0 aliphatic carbocycles. The van der Waals surface area contributed by atoms with Gasteiger partial charge in [-0.15, -0.1) is 0 Å². The maximum atomic E-state index is 11.8. The van der Waals surface area contributed by atoms with E-state index in [0.29, 0.717) is 18.2 Å². The van der Waals surface area contributed by atoms with Crippen molar-refractivity contribution in [3.63, 3.8) is 0 Å². The molecule has 0 aliphatic heterocycles. The molecular formula is C13H17NO2S. The number of carbonyl (C=O) groups is 1. The third kappa shape index (κ3) is 4.53. The molecule has 0 unspecified atom stereocenters. The van der Waals surface area contributed by atoms with Gasteiger partial charge in [-0.1, -0.05) is 23.8 Å². The first-order valence-corrected chi connectivity index (χ1v) is 5.85. The molecule has 0 saturated carbocycles. The van der Waals surface area contributed by atoms with E-state index in [4.69, 9.17) is 17.0 Å². The van der Waals surface area contributed by atoms with E-state index in [1.54, 1.807) is 4.90 Å². The Labute approximate surface area is 107 Å². The molecule has 4 heteroatoms. The molecule has 1 rings (SSSR count). The first kappa shape index (κ1) is 13.6. The number of nitrogens with zero attached hydrogens (tertiary/aromatic N) is 1. The summed E-state index contributed by atoms with van der Waals surface area (Å²) in [5.74, 6) is 0.0789. The van der Waals surface area contributed by atoms with Crippen molar-refractivity contribution in [1.82, 2.24) is 4.90 Å². The van der Waals surface area contributed by atoms with Crippen molar-refractivity contribution in [1.29, 1.82) is 0 Å². The number of benzene rings is 1. The Morgan fingerprint density at radius 2 is 2.12 bits per heavy atom. The fourth-order valence-electron chi connectivity index (χ4n) is 1.32. The van der Waals surface area contributed by atoms with E-state index in [-0.39, 0.29) is 5.78 Å². The monoisotopic (exact) mass is 251 g/mol. The fourth-order valence-corrected chi connectivity index (χ4v) is 1.41. The van der Waals surface area contributed by atoms with E-state index in [1.807, 2.05) is 45.3 Å². The Hall–Kier alpha value is -1.42. The summed E-state index contributed by atoms with van der Waals surface area (Å²) in [5, 5.41) is 0.405. The SMILES string of the molecule is Cc1cccc(C(=O)CCOC(=S)N(C)C)c1. The van der Waals surface area contributed by atoms with Crippen LogP contribution >= 0.6 is 12.2 Å². The second-order valence-electron chi connectivity index (χ2n) is 4.05. The molecule has 0 amide bonds. The molecule has 0 spiro atoms. The van der Waals surface area contributed by atoms with Gasteiger partial charge in [-0.2, -0.15) is 0 Å². The van der Waals surface area contributed by atoms with Crippen LogP contribution in [0, 0.1) is 6.92 Å². The highest BCUT2D eigenvalue weighted by molar-refractivity contribution is 7.80. The van der Waals surface area contributed by atoms with E-state index in [2.05, 4.69) is 0 Å². The molecule has 0 atom stereocenters. The number of carbonyl (C=O) groups excluding carboxylic acids is 1.